The number of aromatic amines is 1. The van der Waals surface area contributed by atoms with E-state index in [0.29, 0.717) is 34.8 Å². The van der Waals surface area contributed by atoms with Gasteiger partial charge in [-0.1, -0.05) is 24.3 Å². The molecular formula is C23H20N2O4. The van der Waals surface area contributed by atoms with Crippen LogP contribution >= 0.6 is 0 Å². The average Bonchev–Trinajstić information content (AvgIpc) is 2.78. The molecule has 4 aromatic rings. The van der Waals surface area contributed by atoms with Gasteiger partial charge >= 0.3 is 0 Å². The first-order chi connectivity index (χ1) is 14.2. The van der Waals surface area contributed by atoms with Crippen molar-refractivity contribution in [2.24, 2.45) is 0 Å². The van der Waals surface area contributed by atoms with Crippen molar-refractivity contribution in [1.29, 1.82) is 0 Å². The molecule has 1 heterocycles. The molecular weight excluding hydrogens is 368 g/mol. The molecule has 0 saturated carbocycles. The molecule has 0 saturated heterocycles. The summed E-state index contributed by atoms with van der Waals surface area (Å²) in [6.07, 6.45) is 0. The minimum Gasteiger partial charge on any atom is -0.497 e. The van der Waals surface area contributed by atoms with Crippen LogP contribution in [0.2, 0.25) is 0 Å². The molecule has 6 nitrogen and oxygen atoms in total. The second-order valence-corrected chi connectivity index (χ2v) is 6.43. The Balaban J connectivity index is 1.60. The maximum atomic E-state index is 12.3. The summed E-state index contributed by atoms with van der Waals surface area (Å²) in [7, 11) is 3.21. The fourth-order valence-corrected chi connectivity index (χ4v) is 3.04. The van der Waals surface area contributed by atoms with Crippen molar-refractivity contribution in [3.63, 3.8) is 0 Å². The van der Waals surface area contributed by atoms with Gasteiger partial charge in [-0.15, -0.1) is 0 Å². The molecule has 146 valence electrons. The third kappa shape index (κ3) is 3.91. The van der Waals surface area contributed by atoms with Crippen molar-refractivity contribution in [3.8, 4) is 28.6 Å². The molecule has 4 rings (SSSR count). The largest absolute Gasteiger partial charge is 0.497 e. The molecule has 0 aliphatic heterocycles. The third-order valence-electron chi connectivity index (χ3n) is 4.60. The van der Waals surface area contributed by atoms with E-state index in [9.17, 15) is 4.79 Å². The topological polar surface area (TPSA) is 73.4 Å². The summed E-state index contributed by atoms with van der Waals surface area (Å²) in [5.74, 6) is 2.45. The van der Waals surface area contributed by atoms with Gasteiger partial charge in [0.05, 0.1) is 25.1 Å². The number of aromatic nitrogens is 2. The number of hydrogen-bond donors (Lipinski definition) is 1. The summed E-state index contributed by atoms with van der Waals surface area (Å²) in [6, 6.07) is 20.4. The number of fused-ring (bicyclic) bond motifs is 1. The van der Waals surface area contributed by atoms with Crippen LogP contribution in [-0.4, -0.2) is 24.2 Å². The Morgan fingerprint density at radius 2 is 1.69 bits per heavy atom. The number of para-hydroxylation sites is 1. The first-order valence-corrected chi connectivity index (χ1v) is 9.11. The molecule has 0 unspecified atom stereocenters. The summed E-state index contributed by atoms with van der Waals surface area (Å²) in [5.41, 5.74) is 2.22. The zero-order valence-electron chi connectivity index (χ0n) is 16.1. The fourth-order valence-electron chi connectivity index (χ4n) is 3.04. The van der Waals surface area contributed by atoms with E-state index in [-0.39, 0.29) is 5.56 Å². The van der Waals surface area contributed by atoms with Gasteiger partial charge in [0.15, 0.2) is 11.5 Å². The summed E-state index contributed by atoms with van der Waals surface area (Å²) < 4.78 is 16.6. The van der Waals surface area contributed by atoms with Crippen molar-refractivity contribution in [3.05, 3.63) is 82.6 Å². The van der Waals surface area contributed by atoms with Crippen molar-refractivity contribution in [2.75, 3.05) is 14.2 Å². The van der Waals surface area contributed by atoms with Crippen LogP contribution in [0, 0.1) is 0 Å². The minimum absolute atomic E-state index is 0.176. The van der Waals surface area contributed by atoms with Crippen LogP contribution in [0.25, 0.3) is 22.3 Å². The van der Waals surface area contributed by atoms with Gasteiger partial charge in [0.2, 0.25) is 0 Å². The van der Waals surface area contributed by atoms with E-state index in [0.717, 1.165) is 16.9 Å². The number of ether oxygens (including phenoxy) is 3. The van der Waals surface area contributed by atoms with Gasteiger partial charge in [-0.2, -0.15) is 0 Å². The molecule has 3 aromatic carbocycles. The van der Waals surface area contributed by atoms with Gasteiger partial charge in [0, 0.05) is 5.56 Å². The monoisotopic (exact) mass is 388 g/mol. The Labute approximate surface area is 167 Å². The van der Waals surface area contributed by atoms with Crippen LogP contribution in [-0.2, 0) is 6.61 Å². The molecule has 0 bridgehead atoms. The highest BCUT2D eigenvalue weighted by atomic mass is 16.5. The van der Waals surface area contributed by atoms with E-state index in [2.05, 4.69) is 9.97 Å². The Morgan fingerprint density at radius 3 is 2.45 bits per heavy atom. The molecule has 0 atom stereocenters. The molecule has 1 N–H and O–H groups in total. The second-order valence-electron chi connectivity index (χ2n) is 6.43. The quantitative estimate of drug-likeness (QED) is 0.536. The van der Waals surface area contributed by atoms with Crippen LogP contribution in [0.3, 0.4) is 0 Å². The molecule has 0 spiro atoms. The Hall–Kier alpha value is -3.80. The zero-order valence-corrected chi connectivity index (χ0v) is 16.1. The summed E-state index contributed by atoms with van der Waals surface area (Å²) in [5, 5.41) is 0.558. The number of H-pyrrole nitrogens is 1. The molecule has 0 amide bonds. The van der Waals surface area contributed by atoms with Crippen LogP contribution in [0.1, 0.15) is 5.56 Å². The van der Waals surface area contributed by atoms with Gasteiger partial charge in [0.1, 0.15) is 18.2 Å². The lowest BCUT2D eigenvalue weighted by Crippen LogP contribution is -2.09. The van der Waals surface area contributed by atoms with E-state index < -0.39 is 0 Å². The average molecular weight is 388 g/mol. The highest BCUT2D eigenvalue weighted by molar-refractivity contribution is 5.79. The maximum absolute atomic E-state index is 12.3. The molecule has 0 aliphatic rings. The van der Waals surface area contributed by atoms with E-state index in [4.69, 9.17) is 14.2 Å². The number of nitrogens with zero attached hydrogens (tertiary/aromatic N) is 1. The lowest BCUT2D eigenvalue weighted by atomic mass is 10.1. The van der Waals surface area contributed by atoms with Crippen molar-refractivity contribution < 1.29 is 14.2 Å². The fraction of sp³-hybridized carbons (Fsp3) is 0.130. The first-order valence-electron chi connectivity index (χ1n) is 9.11. The van der Waals surface area contributed by atoms with Crippen molar-refractivity contribution in [2.45, 2.75) is 6.61 Å². The summed E-state index contributed by atoms with van der Waals surface area (Å²) in [6.45, 7) is 0.394. The predicted molar refractivity (Wildman–Crippen MR) is 112 cm³/mol. The predicted octanol–water partition coefficient (Wildman–Crippen LogP) is 4.19. The summed E-state index contributed by atoms with van der Waals surface area (Å²) in [4.78, 5) is 19.7. The minimum atomic E-state index is -0.176. The van der Waals surface area contributed by atoms with E-state index in [1.54, 1.807) is 26.4 Å². The second kappa shape index (κ2) is 8.06. The molecule has 6 heteroatoms. The number of nitrogens with one attached hydrogen (secondary N) is 1. The highest BCUT2D eigenvalue weighted by Crippen LogP contribution is 2.32. The van der Waals surface area contributed by atoms with Crippen LogP contribution < -0.4 is 19.8 Å². The van der Waals surface area contributed by atoms with Crippen LogP contribution in [0.5, 0.6) is 17.2 Å². The van der Waals surface area contributed by atoms with Gasteiger partial charge in [-0.05, 0) is 48.0 Å². The Kier molecular flexibility index (Phi) is 5.16. The first kappa shape index (κ1) is 18.6. The van der Waals surface area contributed by atoms with Gasteiger partial charge in [0.25, 0.3) is 5.56 Å². The SMILES string of the molecule is COc1ccc(COc2ccc(-c3nc4ccccc4c(=O)[nH]3)cc2OC)cc1. The molecule has 29 heavy (non-hydrogen) atoms. The number of rotatable bonds is 6. The lowest BCUT2D eigenvalue weighted by Gasteiger charge is -2.12. The Bertz CT molecular complexity index is 1200. The third-order valence-corrected chi connectivity index (χ3v) is 4.60. The smallest absolute Gasteiger partial charge is 0.259 e. The zero-order chi connectivity index (χ0) is 20.2. The Morgan fingerprint density at radius 1 is 0.897 bits per heavy atom. The normalized spacial score (nSPS) is 10.7. The molecule has 0 fully saturated rings. The number of hydrogen-bond acceptors (Lipinski definition) is 5. The highest BCUT2D eigenvalue weighted by Gasteiger charge is 2.11. The van der Waals surface area contributed by atoms with Crippen LogP contribution in [0.15, 0.2) is 71.5 Å². The van der Waals surface area contributed by atoms with E-state index in [1.807, 2.05) is 54.6 Å². The lowest BCUT2D eigenvalue weighted by molar-refractivity contribution is 0.284. The number of benzene rings is 3. The summed E-state index contributed by atoms with van der Waals surface area (Å²) >= 11 is 0. The van der Waals surface area contributed by atoms with Gasteiger partial charge in [-0.3, -0.25) is 4.79 Å². The van der Waals surface area contributed by atoms with E-state index >= 15 is 0 Å². The van der Waals surface area contributed by atoms with Gasteiger partial charge in [-0.25, -0.2) is 4.98 Å². The van der Waals surface area contributed by atoms with Crippen LogP contribution in [0.4, 0.5) is 0 Å². The number of methoxy groups -OCH3 is 2. The van der Waals surface area contributed by atoms with Gasteiger partial charge < -0.3 is 19.2 Å². The molecule has 0 aliphatic carbocycles. The van der Waals surface area contributed by atoms with Crippen molar-refractivity contribution in [1.82, 2.24) is 9.97 Å². The molecule has 1 aromatic heterocycles. The maximum Gasteiger partial charge on any atom is 0.259 e. The molecule has 0 radical (unpaired) electrons. The van der Waals surface area contributed by atoms with Crippen molar-refractivity contribution >= 4 is 10.9 Å². The standard InChI is InChI=1S/C23H20N2O4/c1-27-17-10-7-15(8-11-17)14-29-20-12-9-16(13-21(20)28-2)22-24-19-6-4-3-5-18(19)23(26)25-22/h3-13H,14H2,1-2H3,(H,24,25,26). The van der Waals surface area contributed by atoms with E-state index in [1.165, 1.54) is 0 Å².